The Hall–Kier alpha value is -2.21. The summed E-state index contributed by atoms with van der Waals surface area (Å²) in [7, 11) is 3.96. The number of imide groups is 1. The molecular weight excluding hydrogens is 354 g/mol. The Morgan fingerprint density at radius 2 is 1.61 bits per heavy atom. The number of fused-ring (bicyclic) bond motifs is 1. The minimum absolute atomic E-state index is 0.0128. The molecule has 0 spiro atoms. The quantitative estimate of drug-likeness (QED) is 0.644. The SMILES string of the molecule is CN(C)CCN(Cc1ccccc1)C(=O)CCN1C(=O)C2CCCCC2C1=O. The third-order valence-electron chi connectivity index (χ3n) is 5.87. The van der Waals surface area contributed by atoms with Crippen LogP contribution in [0.4, 0.5) is 0 Å². The van der Waals surface area contributed by atoms with Gasteiger partial charge in [0.25, 0.3) is 0 Å². The summed E-state index contributed by atoms with van der Waals surface area (Å²) in [5, 5.41) is 0. The van der Waals surface area contributed by atoms with Crippen molar-refractivity contribution in [2.45, 2.75) is 38.6 Å². The van der Waals surface area contributed by atoms with E-state index in [1.165, 1.54) is 4.90 Å². The van der Waals surface area contributed by atoms with E-state index < -0.39 is 0 Å². The molecule has 28 heavy (non-hydrogen) atoms. The minimum atomic E-state index is -0.148. The molecular formula is C22H31N3O3. The van der Waals surface area contributed by atoms with Crippen LogP contribution in [0.1, 0.15) is 37.7 Å². The van der Waals surface area contributed by atoms with Crippen LogP contribution in [-0.2, 0) is 20.9 Å². The Kier molecular flexibility index (Phi) is 6.83. The van der Waals surface area contributed by atoms with Crippen LogP contribution in [0.15, 0.2) is 30.3 Å². The topological polar surface area (TPSA) is 60.9 Å². The van der Waals surface area contributed by atoms with Gasteiger partial charge in [-0.15, -0.1) is 0 Å². The van der Waals surface area contributed by atoms with Crippen molar-refractivity contribution in [3.8, 4) is 0 Å². The molecule has 2 atom stereocenters. The molecule has 0 N–H and O–H groups in total. The fourth-order valence-corrected chi connectivity index (χ4v) is 4.23. The van der Waals surface area contributed by atoms with Crippen LogP contribution in [0.2, 0.25) is 0 Å². The van der Waals surface area contributed by atoms with Crippen molar-refractivity contribution < 1.29 is 14.4 Å². The standard InChI is InChI=1S/C22H31N3O3/c1-23(2)14-15-24(16-17-8-4-3-5-9-17)20(26)12-13-25-21(27)18-10-6-7-11-19(18)22(25)28/h3-5,8-9,18-19H,6-7,10-16H2,1-2H3. The molecule has 0 aromatic heterocycles. The molecule has 0 bridgehead atoms. The lowest BCUT2D eigenvalue weighted by Crippen LogP contribution is -2.39. The van der Waals surface area contributed by atoms with Crippen LogP contribution in [0.3, 0.4) is 0 Å². The molecule has 1 heterocycles. The van der Waals surface area contributed by atoms with Gasteiger partial charge in [0.15, 0.2) is 0 Å². The second-order valence-electron chi connectivity index (χ2n) is 8.18. The van der Waals surface area contributed by atoms with E-state index in [2.05, 4.69) is 0 Å². The first-order chi connectivity index (χ1) is 13.5. The van der Waals surface area contributed by atoms with Gasteiger partial charge in [-0.3, -0.25) is 19.3 Å². The van der Waals surface area contributed by atoms with Crippen molar-refractivity contribution in [3.63, 3.8) is 0 Å². The van der Waals surface area contributed by atoms with E-state index in [0.717, 1.165) is 37.8 Å². The summed E-state index contributed by atoms with van der Waals surface area (Å²) in [6.45, 7) is 2.13. The number of amides is 3. The zero-order valence-electron chi connectivity index (χ0n) is 17.0. The first-order valence-corrected chi connectivity index (χ1v) is 10.3. The number of carbonyl (C=O) groups excluding carboxylic acids is 3. The van der Waals surface area contributed by atoms with Crippen LogP contribution in [0, 0.1) is 11.8 Å². The van der Waals surface area contributed by atoms with E-state index in [9.17, 15) is 14.4 Å². The van der Waals surface area contributed by atoms with E-state index in [0.29, 0.717) is 13.1 Å². The van der Waals surface area contributed by atoms with E-state index in [1.54, 1.807) is 0 Å². The summed E-state index contributed by atoms with van der Waals surface area (Å²) in [6, 6.07) is 9.91. The highest BCUT2D eigenvalue weighted by atomic mass is 16.2. The summed E-state index contributed by atoms with van der Waals surface area (Å²) in [4.78, 5) is 43.4. The molecule has 6 heteroatoms. The van der Waals surface area contributed by atoms with E-state index in [4.69, 9.17) is 0 Å². The van der Waals surface area contributed by atoms with Crippen LogP contribution < -0.4 is 0 Å². The van der Waals surface area contributed by atoms with Crippen molar-refractivity contribution >= 4 is 17.7 Å². The van der Waals surface area contributed by atoms with Crippen molar-refractivity contribution in [3.05, 3.63) is 35.9 Å². The molecule has 0 radical (unpaired) electrons. The van der Waals surface area contributed by atoms with Gasteiger partial charge in [0.1, 0.15) is 0 Å². The molecule has 3 rings (SSSR count). The third-order valence-corrected chi connectivity index (χ3v) is 5.87. The molecule has 1 aromatic rings. The predicted octanol–water partition coefficient (Wildman–Crippen LogP) is 2.14. The molecule has 152 valence electrons. The zero-order chi connectivity index (χ0) is 20.1. The van der Waals surface area contributed by atoms with Crippen LogP contribution in [-0.4, -0.2) is 66.2 Å². The Balaban J connectivity index is 1.61. The average molecular weight is 386 g/mol. The highest BCUT2D eigenvalue weighted by Gasteiger charge is 2.47. The monoisotopic (exact) mass is 385 g/mol. The van der Waals surface area contributed by atoms with Gasteiger partial charge in [0.2, 0.25) is 17.7 Å². The first kappa shape index (κ1) is 20.5. The first-order valence-electron chi connectivity index (χ1n) is 10.3. The van der Waals surface area contributed by atoms with Crippen molar-refractivity contribution in [2.75, 3.05) is 33.7 Å². The number of rotatable bonds is 8. The van der Waals surface area contributed by atoms with Gasteiger partial charge in [-0.1, -0.05) is 43.2 Å². The maximum Gasteiger partial charge on any atom is 0.233 e. The number of hydrogen-bond acceptors (Lipinski definition) is 4. The van der Waals surface area contributed by atoms with Crippen molar-refractivity contribution in [2.24, 2.45) is 11.8 Å². The van der Waals surface area contributed by atoms with Gasteiger partial charge >= 0.3 is 0 Å². The largest absolute Gasteiger partial charge is 0.337 e. The molecule has 1 aliphatic carbocycles. The molecule has 1 saturated carbocycles. The highest BCUT2D eigenvalue weighted by Crippen LogP contribution is 2.38. The smallest absolute Gasteiger partial charge is 0.233 e. The van der Waals surface area contributed by atoms with Gasteiger partial charge in [-0.2, -0.15) is 0 Å². The number of benzene rings is 1. The summed E-state index contributed by atoms with van der Waals surface area (Å²) in [6.07, 6.45) is 3.84. The molecule has 1 saturated heterocycles. The van der Waals surface area contributed by atoms with E-state index >= 15 is 0 Å². The molecule has 3 amide bonds. The number of carbonyl (C=O) groups is 3. The number of hydrogen-bond donors (Lipinski definition) is 0. The van der Waals surface area contributed by atoms with Gasteiger partial charge < -0.3 is 9.80 Å². The summed E-state index contributed by atoms with van der Waals surface area (Å²) < 4.78 is 0. The van der Waals surface area contributed by atoms with Crippen molar-refractivity contribution in [1.82, 2.24) is 14.7 Å². The average Bonchev–Trinajstić information content (AvgIpc) is 2.94. The zero-order valence-corrected chi connectivity index (χ0v) is 17.0. The number of likely N-dealkylation sites (N-methyl/N-ethyl adjacent to an activating group) is 1. The van der Waals surface area contributed by atoms with Crippen LogP contribution >= 0.6 is 0 Å². The molecule has 2 unspecified atom stereocenters. The third kappa shape index (κ3) is 4.79. The van der Waals surface area contributed by atoms with Crippen molar-refractivity contribution in [1.29, 1.82) is 0 Å². The normalized spacial score (nSPS) is 21.9. The lowest BCUT2D eigenvalue weighted by atomic mass is 9.81. The van der Waals surface area contributed by atoms with Gasteiger partial charge in [0.05, 0.1) is 11.8 Å². The maximum atomic E-state index is 12.9. The molecule has 6 nitrogen and oxygen atoms in total. The Morgan fingerprint density at radius 1 is 1.00 bits per heavy atom. The summed E-state index contributed by atoms with van der Waals surface area (Å²) in [5.74, 6) is -0.437. The van der Waals surface area contributed by atoms with Gasteiger partial charge in [-0.05, 0) is 32.5 Å². The second-order valence-corrected chi connectivity index (χ2v) is 8.18. The highest BCUT2D eigenvalue weighted by molar-refractivity contribution is 6.05. The Bertz CT molecular complexity index is 680. The van der Waals surface area contributed by atoms with Crippen LogP contribution in [0.5, 0.6) is 0 Å². The van der Waals surface area contributed by atoms with Gasteiger partial charge in [0, 0.05) is 32.6 Å². The summed E-state index contributed by atoms with van der Waals surface area (Å²) in [5.41, 5.74) is 1.08. The van der Waals surface area contributed by atoms with Crippen LogP contribution in [0.25, 0.3) is 0 Å². The molecule has 2 fully saturated rings. The number of nitrogens with zero attached hydrogens (tertiary/aromatic N) is 3. The fourth-order valence-electron chi connectivity index (χ4n) is 4.23. The number of likely N-dealkylation sites (tertiary alicyclic amines) is 1. The second kappa shape index (κ2) is 9.32. The lowest BCUT2D eigenvalue weighted by Gasteiger charge is -2.25. The predicted molar refractivity (Wildman–Crippen MR) is 107 cm³/mol. The van der Waals surface area contributed by atoms with E-state index in [1.807, 2.05) is 54.2 Å². The Labute approximate surface area is 167 Å². The lowest BCUT2D eigenvalue weighted by molar-refractivity contribution is -0.141. The van der Waals surface area contributed by atoms with E-state index in [-0.39, 0.29) is 42.5 Å². The van der Waals surface area contributed by atoms with Gasteiger partial charge in [-0.25, -0.2) is 0 Å². The molecule has 1 aliphatic heterocycles. The fraction of sp³-hybridized carbons (Fsp3) is 0.591. The Morgan fingerprint density at radius 3 is 2.18 bits per heavy atom. The summed E-state index contributed by atoms with van der Waals surface area (Å²) >= 11 is 0. The molecule has 2 aliphatic rings. The minimum Gasteiger partial charge on any atom is -0.337 e. The maximum absolute atomic E-state index is 12.9. The molecule has 1 aromatic carbocycles.